The first-order valence-corrected chi connectivity index (χ1v) is 10.1. The minimum absolute atomic E-state index is 0.915. The molecule has 0 amide bonds. The topological polar surface area (TPSA) is 13.1 Å². The number of furan rings is 1. The second-order valence-corrected chi connectivity index (χ2v) is 8.51. The lowest BCUT2D eigenvalue weighted by molar-refractivity contribution is 0.616. The van der Waals surface area contributed by atoms with Crippen LogP contribution in [0, 0.1) is 17.4 Å². The Kier molecular flexibility index (Phi) is 5.74. The molecule has 3 rings (SSSR count). The molecule has 0 bridgehead atoms. The van der Waals surface area contributed by atoms with E-state index < -0.39 is 0 Å². The summed E-state index contributed by atoms with van der Waals surface area (Å²) in [5.74, 6) is 0. The van der Waals surface area contributed by atoms with Gasteiger partial charge in [0.05, 0.1) is 6.26 Å². The van der Waals surface area contributed by atoms with Gasteiger partial charge in [-0.1, -0.05) is 36.0 Å². The van der Waals surface area contributed by atoms with Crippen molar-refractivity contribution in [2.24, 2.45) is 0 Å². The lowest BCUT2D eigenvalue weighted by Gasteiger charge is -2.10. The van der Waals surface area contributed by atoms with Crippen molar-refractivity contribution in [2.75, 3.05) is 0 Å². The first kappa shape index (κ1) is 18.3. The highest BCUT2D eigenvalue weighted by atomic mass is 127. The summed E-state index contributed by atoms with van der Waals surface area (Å²) in [6, 6.07) is 12.8. The van der Waals surface area contributed by atoms with Crippen LogP contribution in [0.15, 0.2) is 64.6 Å². The van der Waals surface area contributed by atoms with Gasteiger partial charge in [-0.25, -0.2) is 0 Å². The minimum atomic E-state index is 0.915. The number of aryl methyl sites for hydroxylation is 2. The smallest absolute Gasteiger partial charge is 0.133 e. The van der Waals surface area contributed by atoms with Gasteiger partial charge in [0.15, 0.2) is 0 Å². The van der Waals surface area contributed by atoms with Crippen LogP contribution in [0.25, 0.3) is 15.9 Å². The Morgan fingerprint density at radius 2 is 1.96 bits per heavy atom. The summed E-state index contributed by atoms with van der Waals surface area (Å²) in [5.41, 5.74) is 7.51. The molecule has 1 aromatic heterocycles. The van der Waals surface area contributed by atoms with E-state index in [0.29, 0.717) is 0 Å². The quantitative estimate of drug-likeness (QED) is 0.366. The molecule has 3 aromatic rings. The van der Waals surface area contributed by atoms with Gasteiger partial charge >= 0.3 is 0 Å². The van der Waals surface area contributed by atoms with Crippen molar-refractivity contribution in [2.45, 2.75) is 27.2 Å². The van der Waals surface area contributed by atoms with Crippen LogP contribution in [0.4, 0.5) is 0 Å². The summed E-state index contributed by atoms with van der Waals surface area (Å²) in [6.45, 7) is 10.8. The van der Waals surface area contributed by atoms with Crippen molar-refractivity contribution in [3.05, 3.63) is 86.0 Å². The Balaban J connectivity index is 1.70. The first-order valence-electron chi connectivity index (χ1n) is 8.18. The summed E-state index contributed by atoms with van der Waals surface area (Å²) in [7, 11) is 0. The van der Waals surface area contributed by atoms with E-state index in [0.717, 1.165) is 27.9 Å². The Morgan fingerprint density at radius 3 is 2.76 bits per heavy atom. The number of thioether (sulfide) groups is 1. The van der Waals surface area contributed by atoms with Crippen molar-refractivity contribution in [1.82, 2.24) is 0 Å². The van der Waals surface area contributed by atoms with Crippen molar-refractivity contribution in [1.29, 1.82) is 0 Å². The molecule has 25 heavy (non-hydrogen) atoms. The number of fused-ring (bicyclic) bond motifs is 1. The van der Waals surface area contributed by atoms with Gasteiger partial charge in [0.1, 0.15) is 5.58 Å². The molecule has 0 aliphatic rings. The van der Waals surface area contributed by atoms with E-state index in [2.05, 4.69) is 79.6 Å². The van der Waals surface area contributed by atoms with E-state index in [4.69, 9.17) is 4.42 Å². The van der Waals surface area contributed by atoms with Crippen molar-refractivity contribution in [3.8, 4) is 0 Å². The summed E-state index contributed by atoms with van der Waals surface area (Å²) < 4.78 is 6.73. The molecule has 0 saturated heterocycles. The minimum Gasteiger partial charge on any atom is -0.464 e. The largest absolute Gasteiger partial charge is 0.464 e. The fourth-order valence-corrected chi connectivity index (χ4v) is 4.07. The van der Waals surface area contributed by atoms with Crippen LogP contribution < -0.4 is 0 Å². The average Bonchev–Trinajstić information content (AvgIpc) is 3.05. The highest BCUT2D eigenvalue weighted by Crippen LogP contribution is 2.31. The van der Waals surface area contributed by atoms with Crippen LogP contribution in [0.2, 0.25) is 0 Å². The number of rotatable bonds is 5. The van der Waals surface area contributed by atoms with E-state index in [-0.39, 0.29) is 0 Å². The summed E-state index contributed by atoms with van der Waals surface area (Å²) in [6.07, 6.45) is 2.70. The van der Waals surface area contributed by atoms with Gasteiger partial charge in [0.2, 0.25) is 0 Å². The van der Waals surface area contributed by atoms with Gasteiger partial charge < -0.3 is 4.42 Å². The molecule has 128 valence electrons. The molecule has 0 fully saturated rings. The van der Waals surface area contributed by atoms with Crippen molar-refractivity contribution < 1.29 is 4.42 Å². The van der Waals surface area contributed by atoms with Crippen molar-refractivity contribution in [3.63, 3.8) is 0 Å². The summed E-state index contributed by atoms with van der Waals surface area (Å²) in [4.78, 5) is 1.05. The zero-order valence-corrected chi connectivity index (χ0v) is 17.7. The van der Waals surface area contributed by atoms with Gasteiger partial charge in [0.25, 0.3) is 0 Å². The number of halogens is 1. The lowest BCUT2D eigenvalue weighted by Crippen LogP contribution is -1.94. The SMILES string of the molecule is C=C(S/C=C(\C)Cc1cc(C)c(I)cc1C)c1ccc2occc2c1. The highest BCUT2D eigenvalue weighted by molar-refractivity contribution is 14.1. The summed E-state index contributed by atoms with van der Waals surface area (Å²) >= 11 is 4.09. The molecule has 0 radical (unpaired) electrons. The zero-order valence-electron chi connectivity index (χ0n) is 14.7. The van der Waals surface area contributed by atoms with Gasteiger partial charge in [0, 0.05) is 13.9 Å². The molecule has 0 aliphatic heterocycles. The van der Waals surface area contributed by atoms with Crippen LogP contribution >= 0.6 is 34.4 Å². The van der Waals surface area contributed by atoms with Crippen LogP contribution in [-0.2, 0) is 6.42 Å². The van der Waals surface area contributed by atoms with E-state index in [1.54, 1.807) is 18.0 Å². The molecule has 0 aliphatic carbocycles. The van der Waals surface area contributed by atoms with E-state index >= 15 is 0 Å². The molecule has 3 heteroatoms. The Morgan fingerprint density at radius 1 is 1.16 bits per heavy atom. The van der Waals surface area contributed by atoms with Crippen molar-refractivity contribution >= 4 is 50.2 Å². The van der Waals surface area contributed by atoms with Crippen LogP contribution in [0.1, 0.15) is 29.2 Å². The molecule has 0 unspecified atom stereocenters. The lowest BCUT2D eigenvalue weighted by atomic mass is 10.00. The maximum Gasteiger partial charge on any atom is 0.133 e. The summed E-state index contributed by atoms with van der Waals surface area (Å²) in [5, 5.41) is 3.33. The van der Waals surface area contributed by atoms with Crippen LogP contribution in [0.3, 0.4) is 0 Å². The number of hydrogen-bond donors (Lipinski definition) is 0. The molecular weight excluding hydrogens is 439 g/mol. The van der Waals surface area contributed by atoms with Gasteiger partial charge in [-0.15, -0.1) is 0 Å². The maximum atomic E-state index is 5.40. The number of benzene rings is 2. The van der Waals surface area contributed by atoms with Gasteiger partial charge in [-0.3, -0.25) is 0 Å². The number of allylic oxidation sites excluding steroid dienone is 1. The first-order chi connectivity index (χ1) is 11.9. The predicted octanol–water partition coefficient (Wildman–Crippen LogP) is 7.50. The standard InChI is InChI=1S/C22H21IOS/c1-14(9-20-10-16(3)21(23)11-15(20)2)13-25-17(4)18-5-6-22-19(12-18)7-8-24-22/h5-8,10-13H,4,9H2,1-3H3/b14-13+. The third kappa shape index (κ3) is 4.39. The van der Waals surface area contributed by atoms with Crippen LogP contribution in [0.5, 0.6) is 0 Å². The highest BCUT2D eigenvalue weighted by Gasteiger charge is 2.05. The molecule has 0 atom stereocenters. The molecule has 0 saturated carbocycles. The molecular formula is C22H21IOS. The van der Waals surface area contributed by atoms with E-state index in [9.17, 15) is 0 Å². The second-order valence-electron chi connectivity index (χ2n) is 6.38. The van der Waals surface area contributed by atoms with E-state index in [1.807, 2.05) is 12.1 Å². The Bertz CT molecular complexity index is 965. The molecule has 0 N–H and O–H groups in total. The average molecular weight is 460 g/mol. The Labute approximate surface area is 167 Å². The molecule has 2 aromatic carbocycles. The molecule has 1 nitrogen and oxygen atoms in total. The predicted molar refractivity (Wildman–Crippen MR) is 119 cm³/mol. The molecule has 0 spiro atoms. The maximum absolute atomic E-state index is 5.40. The number of hydrogen-bond acceptors (Lipinski definition) is 2. The Hall–Kier alpha value is -1.46. The zero-order chi connectivity index (χ0) is 18.0. The van der Waals surface area contributed by atoms with Gasteiger partial charge in [-0.05, 0) is 102 Å². The fourth-order valence-electron chi connectivity index (χ4n) is 2.75. The molecule has 1 heterocycles. The third-order valence-corrected chi connectivity index (χ3v) is 6.47. The normalized spacial score (nSPS) is 11.9. The van der Waals surface area contributed by atoms with Gasteiger partial charge in [-0.2, -0.15) is 0 Å². The third-order valence-electron chi connectivity index (χ3n) is 4.26. The van der Waals surface area contributed by atoms with Crippen LogP contribution in [-0.4, -0.2) is 0 Å². The monoisotopic (exact) mass is 460 g/mol. The van der Waals surface area contributed by atoms with E-state index in [1.165, 1.54) is 25.8 Å². The fraction of sp³-hybridized carbons (Fsp3) is 0.182. The second kappa shape index (κ2) is 7.83.